The number of rotatable bonds is 8. The number of nitrogens with zero attached hydrogens (tertiary/aromatic N) is 1. The minimum atomic E-state index is -0.551. The van der Waals surface area contributed by atoms with Gasteiger partial charge in [0.1, 0.15) is 0 Å². The fraction of sp³-hybridized carbons (Fsp3) is 0.286. The van der Waals surface area contributed by atoms with Gasteiger partial charge >= 0.3 is 0 Å². The molecule has 0 radical (unpaired) electrons. The number of allylic oxidation sites excluding steroid dienone is 4. The maximum Gasteiger partial charge on any atom is 0.262 e. The molecule has 136 valence electrons. The van der Waals surface area contributed by atoms with Gasteiger partial charge in [0.2, 0.25) is 0 Å². The Morgan fingerprint density at radius 3 is 2.73 bits per heavy atom. The van der Waals surface area contributed by atoms with Crippen LogP contribution in [0.2, 0.25) is 0 Å². The highest BCUT2D eigenvalue weighted by Crippen LogP contribution is 2.39. The van der Waals surface area contributed by atoms with Gasteiger partial charge in [-0.15, -0.1) is 6.58 Å². The molecule has 0 heterocycles. The van der Waals surface area contributed by atoms with Gasteiger partial charge in [0.25, 0.3) is 5.70 Å². The highest BCUT2D eigenvalue weighted by atomic mass is 16.6. The van der Waals surface area contributed by atoms with Gasteiger partial charge in [-0.25, -0.2) is 0 Å². The second kappa shape index (κ2) is 8.06. The van der Waals surface area contributed by atoms with Gasteiger partial charge in [0, 0.05) is 18.7 Å². The molecule has 5 nitrogen and oxygen atoms in total. The predicted molar refractivity (Wildman–Crippen MR) is 103 cm³/mol. The Morgan fingerprint density at radius 1 is 1.38 bits per heavy atom. The highest BCUT2D eigenvalue weighted by molar-refractivity contribution is 6.03. The summed E-state index contributed by atoms with van der Waals surface area (Å²) in [5, 5.41) is 10.6. The topological polar surface area (TPSA) is 69.4 Å². The molecule has 0 aromatic heterocycles. The fourth-order valence-corrected chi connectivity index (χ4v) is 3.29. The second-order valence-electron chi connectivity index (χ2n) is 6.51. The van der Waals surface area contributed by atoms with Gasteiger partial charge in [-0.1, -0.05) is 30.9 Å². The molecule has 26 heavy (non-hydrogen) atoms. The van der Waals surface area contributed by atoms with E-state index in [0.717, 1.165) is 17.5 Å². The van der Waals surface area contributed by atoms with Crippen LogP contribution in [-0.2, 0) is 11.2 Å². The predicted octanol–water partition coefficient (Wildman–Crippen LogP) is 4.38. The van der Waals surface area contributed by atoms with Crippen LogP contribution in [0.15, 0.2) is 61.9 Å². The van der Waals surface area contributed by atoms with Crippen LogP contribution in [0.25, 0.3) is 5.57 Å². The van der Waals surface area contributed by atoms with Crippen LogP contribution in [-0.4, -0.2) is 24.4 Å². The van der Waals surface area contributed by atoms with Crippen molar-refractivity contribution in [3.63, 3.8) is 0 Å². The van der Waals surface area contributed by atoms with Gasteiger partial charge < -0.3 is 4.74 Å². The van der Waals surface area contributed by atoms with E-state index in [1.165, 1.54) is 6.08 Å². The van der Waals surface area contributed by atoms with Gasteiger partial charge in [0.15, 0.2) is 5.78 Å². The van der Waals surface area contributed by atoms with Crippen LogP contribution >= 0.6 is 0 Å². The first kappa shape index (κ1) is 19.5. The van der Waals surface area contributed by atoms with E-state index in [4.69, 9.17) is 4.74 Å². The lowest BCUT2D eigenvalue weighted by Gasteiger charge is -2.35. The number of hydrogen-bond acceptors (Lipinski definition) is 4. The Labute approximate surface area is 153 Å². The molecule has 0 saturated heterocycles. The van der Waals surface area contributed by atoms with Crippen LogP contribution in [0.5, 0.6) is 0 Å². The van der Waals surface area contributed by atoms with Crippen LogP contribution in [0, 0.1) is 15.5 Å². The summed E-state index contributed by atoms with van der Waals surface area (Å²) < 4.78 is 5.30. The van der Waals surface area contributed by atoms with Crippen molar-refractivity contribution in [3.05, 3.63) is 88.7 Å². The van der Waals surface area contributed by atoms with Crippen LogP contribution in [0.1, 0.15) is 34.3 Å². The summed E-state index contributed by atoms with van der Waals surface area (Å²) in [6.07, 6.45) is 6.68. The molecule has 5 heteroatoms. The summed E-state index contributed by atoms with van der Waals surface area (Å²) in [4.78, 5) is 23.1. The molecule has 1 aromatic rings. The molecule has 2 rings (SSSR count). The third kappa shape index (κ3) is 3.89. The third-order valence-electron chi connectivity index (χ3n) is 4.74. The van der Waals surface area contributed by atoms with Crippen molar-refractivity contribution in [1.29, 1.82) is 0 Å². The van der Waals surface area contributed by atoms with Crippen LogP contribution < -0.4 is 0 Å². The molecule has 0 N–H and O–H groups in total. The Kier molecular flexibility index (Phi) is 6.05. The monoisotopic (exact) mass is 353 g/mol. The average Bonchev–Trinajstić information content (AvgIpc) is 2.62. The SMILES string of the molecule is C=CCC1(COC)CCc2cc(C(=C)/C=C\C(=C)[N+](=O)[O-])ccc2C1=O. The fourth-order valence-electron chi connectivity index (χ4n) is 3.29. The van der Waals surface area contributed by atoms with Crippen molar-refractivity contribution < 1.29 is 14.5 Å². The Bertz CT molecular complexity index is 806. The average molecular weight is 353 g/mol. The molecular weight excluding hydrogens is 330 g/mol. The Balaban J connectivity index is 2.29. The zero-order chi connectivity index (χ0) is 19.3. The number of Topliss-reactive ketones (excluding diaryl/α,β-unsaturated/α-hetero) is 1. The molecular formula is C21H23NO4. The molecule has 0 fully saturated rings. The van der Waals surface area contributed by atoms with Crippen molar-refractivity contribution in [3.8, 4) is 0 Å². The molecule has 1 atom stereocenters. The summed E-state index contributed by atoms with van der Waals surface area (Å²) in [6, 6.07) is 5.55. The van der Waals surface area contributed by atoms with Crippen molar-refractivity contribution in [1.82, 2.24) is 0 Å². The first-order valence-corrected chi connectivity index (χ1v) is 8.33. The number of aryl methyl sites for hydroxylation is 1. The van der Waals surface area contributed by atoms with Crippen molar-refractivity contribution >= 4 is 11.4 Å². The number of ether oxygens (including phenoxy) is 1. The number of benzene rings is 1. The Hall–Kier alpha value is -2.79. The summed E-state index contributed by atoms with van der Waals surface area (Å²) in [7, 11) is 1.60. The van der Waals surface area contributed by atoms with E-state index in [1.54, 1.807) is 25.3 Å². The van der Waals surface area contributed by atoms with Gasteiger partial charge in [-0.2, -0.15) is 0 Å². The van der Waals surface area contributed by atoms with Crippen LogP contribution in [0.4, 0.5) is 0 Å². The zero-order valence-electron chi connectivity index (χ0n) is 15.0. The number of ketones is 1. The lowest BCUT2D eigenvalue weighted by atomic mass is 9.68. The lowest BCUT2D eigenvalue weighted by molar-refractivity contribution is -0.418. The number of fused-ring (bicyclic) bond motifs is 1. The number of carbonyl (C=O) groups excluding carboxylic acids is 1. The second-order valence-corrected chi connectivity index (χ2v) is 6.51. The molecule has 1 unspecified atom stereocenters. The summed E-state index contributed by atoms with van der Waals surface area (Å²) in [6.45, 7) is 11.4. The summed E-state index contributed by atoms with van der Waals surface area (Å²) in [5.41, 5.74) is 2.37. The molecule has 1 aromatic carbocycles. The van der Waals surface area contributed by atoms with Crippen molar-refractivity contribution in [2.24, 2.45) is 5.41 Å². The lowest BCUT2D eigenvalue weighted by Crippen LogP contribution is -2.39. The molecule has 0 bridgehead atoms. The number of carbonyl (C=O) groups is 1. The van der Waals surface area contributed by atoms with E-state index < -0.39 is 10.3 Å². The largest absolute Gasteiger partial charge is 0.384 e. The molecule has 0 saturated carbocycles. The summed E-state index contributed by atoms with van der Waals surface area (Å²) in [5.74, 6) is 0.0786. The van der Waals surface area contributed by atoms with E-state index in [1.807, 2.05) is 12.1 Å². The molecule has 1 aliphatic carbocycles. The third-order valence-corrected chi connectivity index (χ3v) is 4.74. The van der Waals surface area contributed by atoms with Gasteiger partial charge in [-0.3, -0.25) is 14.9 Å². The first-order chi connectivity index (χ1) is 12.3. The van der Waals surface area contributed by atoms with E-state index in [-0.39, 0.29) is 11.5 Å². The molecule has 0 amide bonds. The molecule has 1 aliphatic rings. The van der Waals surface area contributed by atoms with E-state index in [2.05, 4.69) is 19.7 Å². The standard InChI is InChI=1S/C21H23NO4/c1-5-11-21(14-26-4)12-10-18-13-17(8-9-19(18)20(21)23)15(2)6-7-16(3)22(24)25/h5-9,13H,1-3,10-12,14H2,4H3/b7-6-. The van der Waals surface area contributed by atoms with E-state index in [0.29, 0.717) is 30.6 Å². The van der Waals surface area contributed by atoms with E-state index >= 15 is 0 Å². The zero-order valence-corrected chi connectivity index (χ0v) is 15.0. The molecule has 0 aliphatic heterocycles. The smallest absolute Gasteiger partial charge is 0.262 e. The molecule has 0 spiro atoms. The van der Waals surface area contributed by atoms with Gasteiger partial charge in [0.05, 0.1) is 16.9 Å². The highest BCUT2D eigenvalue weighted by Gasteiger charge is 2.41. The van der Waals surface area contributed by atoms with E-state index in [9.17, 15) is 14.9 Å². The van der Waals surface area contributed by atoms with Crippen molar-refractivity contribution in [2.45, 2.75) is 19.3 Å². The Morgan fingerprint density at radius 2 is 2.12 bits per heavy atom. The maximum atomic E-state index is 13.0. The van der Waals surface area contributed by atoms with Crippen LogP contribution in [0.3, 0.4) is 0 Å². The summed E-state index contributed by atoms with van der Waals surface area (Å²) >= 11 is 0. The minimum Gasteiger partial charge on any atom is -0.384 e. The number of methoxy groups -OCH3 is 1. The maximum absolute atomic E-state index is 13.0. The van der Waals surface area contributed by atoms with Crippen molar-refractivity contribution in [2.75, 3.05) is 13.7 Å². The number of nitro groups is 1. The van der Waals surface area contributed by atoms with Gasteiger partial charge in [-0.05, 0) is 48.6 Å². The first-order valence-electron chi connectivity index (χ1n) is 8.33. The quantitative estimate of drug-likeness (QED) is 0.301. The number of hydrogen-bond donors (Lipinski definition) is 0. The normalized spacial score (nSPS) is 19.2. The minimum absolute atomic E-state index is 0.0786.